The van der Waals surface area contributed by atoms with Gasteiger partial charge in [0.2, 0.25) is 0 Å². The molecule has 0 amide bonds. The summed E-state index contributed by atoms with van der Waals surface area (Å²) in [4.78, 5) is 14.8. The first kappa shape index (κ1) is 22.2. The standard InChI is InChI=1S/C19H30N6S.HI/c1-15-7-9-24(13-17(15)25-10-8-21-14-25)19(20-2)22-12-16(23(3)4)18-6-5-11-26-18;/h5-6,8,10-11,14-17H,7,9,12-13H2,1-4H3,(H,20,22);1H. The van der Waals surface area contributed by atoms with Crippen LogP contribution in [-0.4, -0.2) is 66.1 Å². The van der Waals surface area contributed by atoms with E-state index in [1.54, 1.807) is 0 Å². The van der Waals surface area contributed by atoms with E-state index in [9.17, 15) is 0 Å². The van der Waals surface area contributed by atoms with Crippen molar-refractivity contribution < 1.29 is 0 Å². The van der Waals surface area contributed by atoms with Crippen LogP contribution in [0.1, 0.15) is 30.3 Å². The van der Waals surface area contributed by atoms with Crippen molar-refractivity contribution in [3.63, 3.8) is 0 Å². The summed E-state index contributed by atoms with van der Waals surface area (Å²) in [5.41, 5.74) is 0. The van der Waals surface area contributed by atoms with E-state index in [0.29, 0.717) is 18.0 Å². The fraction of sp³-hybridized carbons (Fsp3) is 0.579. The van der Waals surface area contributed by atoms with Crippen LogP contribution in [0.25, 0.3) is 0 Å². The number of aliphatic imine (C=N–C) groups is 1. The van der Waals surface area contributed by atoms with E-state index < -0.39 is 0 Å². The first-order valence-corrected chi connectivity index (χ1v) is 10.1. The molecule has 1 N–H and O–H groups in total. The van der Waals surface area contributed by atoms with E-state index in [0.717, 1.165) is 32.0 Å². The SMILES string of the molecule is CN=C(NCC(c1cccs1)N(C)C)N1CCC(C)C(n2ccnc2)C1.I. The molecule has 3 heterocycles. The number of piperidine rings is 1. The summed E-state index contributed by atoms with van der Waals surface area (Å²) in [7, 11) is 6.14. The molecule has 6 nitrogen and oxygen atoms in total. The lowest BCUT2D eigenvalue weighted by atomic mass is 9.93. The van der Waals surface area contributed by atoms with Crippen molar-refractivity contribution in [3.8, 4) is 0 Å². The second-order valence-corrected chi connectivity index (χ2v) is 8.19. The quantitative estimate of drug-likeness (QED) is 0.387. The highest BCUT2D eigenvalue weighted by molar-refractivity contribution is 14.0. The van der Waals surface area contributed by atoms with Crippen LogP contribution in [0, 0.1) is 5.92 Å². The normalized spacial score (nSPS) is 21.8. The van der Waals surface area contributed by atoms with Gasteiger partial charge in [0, 0.05) is 44.0 Å². The van der Waals surface area contributed by atoms with Crippen LogP contribution in [0.3, 0.4) is 0 Å². The fourth-order valence-electron chi connectivity index (χ4n) is 3.63. The van der Waals surface area contributed by atoms with Gasteiger partial charge in [-0.25, -0.2) is 4.98 Å². The summed E-state index contributed by atoms with van der Waals surface area (Å²) < 4.78 is 2.23. The lowest BCUT2D eigenvalue weighted by Gasteiger charge is -2.39. The summed E-state index contributed by atoms with van der Waals surface area (Å²) in [6, 6.07) is 5.11. The van der Waals surface area contributed by atoms with Crippen molar-refractivity contribution >= 4 is 41.3 Å². The molecule has 0 spiro atoms. The van der Waals surface area contributed by atoms with Crippen LogP contribution in [0.15, 0.2) is 41.2 Å². The van der Waals surface area contributed by atoms with Crippen LogP contribution in [0.5, 0.6) is 0 Å². The largest absolute Gasteiger partial charge is 0.354 e. The summed E-state index contributed by atoms with van der Waals surface area (Å²) >= 11 is 1.81. The minimum atomic E-state index is 0. The van der Waals surface area contributed by atoms with E-state index in [2.05, 4.69) is 74.4 Å². The number of rotatable bonds is 5. The number of likely N-dealkylation sites (N-methyl/N-ethyl adjacent to an activating group) is 1. The number of hydrogen-bond donors (Lipinski definition) is 1. The molecule has 0 aromatic carbocycles. The summed E-state index contributed by atoms with van der Waals surface area (Å²) in [5, 5.41) is 5.75. The van der Waals surface area contributed by atoms with Crippen molar-refractivity contribution in [2.75, 3.05) is 40.8 Å². The molecule has 0 bridgehead atoms. The molecule has 3 atom stereocenters. The summed E-state index contributed by atoms with van der Waals surface area (Å²) in [6.07, 6.45) is 7.02. The zero-order chi connectivity index (χ0) is 18.5. The van der Waals surface area contributed by atoms with Crippen molar-refractivity contribution in [2.24, 2.45) is 10.9 Å². The third-order valence-corrected chi connectivity index (χ3v) is 6.26. The number of nitrogens with one attached hydrogen (secondary N) is 1. The van der Waals surface area contributed by atoms with Gasteiger partial charge in [-0.1, -0.05) is 13.0 Å². The molecular weight excluding hydrogens is 471 g/mol. The van der Waals surface area contributed by atoms with E-state index in [1.165, 1.54) is 4.88 Å². The fourth-order valence-corrected chi connectivity index (χ4v) is 4.56. The number of likely N-dealkylation sites (tertiary alicyclic amines) is 1. The maximum Gasteiger partial charge on any atom is 0.193 e. The Morgan fingerprint density at radius 1 is 1.48 bits per heavy atom. The average molecular weight is 502 g/mol. The number of guanidine groups is 1. The number of nitrogens with zero attached hydrogens (tertiary/aromatic N) is 5. The lowest BCUT2D eigenvalue weighted by molar-refractivity contribution is 0.187. The molecule has 0 radical (unpaired) electrons. The second kappa shape index (κ2) is 10.4. The topological polar surface area (TPSA) is 48.7 Å². The average Bonchev–Trinajstić information content (AvgIpc) is 3.33. The number of halogens is 1. The molecule has 1 fully saturated rings. The maximum absolute atomic E-state index is 4.56. The number of hydrogen-bond acceptors (Lipinski definition) is 4. The third-order valence-electron chi connectivity index (χ3n) is 5.29. The van der Waals surface area contributed by atoms with Crippen LogP contribution in [-0.2, 0) is 0 Å². The van der Waals surface area contributed by atoms with Gasteiger partial charge in [0.15, 0.2) is 5.96 Å². The predicted molar refractivity (Wildman–Crippen MR) is 124 cm³/mol. The molecule has 2 aromatic rings. The van der Waals surface area contributed by atoms with Gasteiger partial charge in [-0.15, -0.1) is 35.3 Å². The van der Waals surface area contributed by atoms with Crippen LogP contribution in [0.2, 0.25) is 0 Å². The third kappa shape index (κ3) is 5.45. The van der Waals surface area contributed by atoms with E-state index in [4.69, 9.17) is 0 Å². The highest BCUT2D eigenvalue weighted by atomic mass is 127. The molecule has 2 aromatic heterocycles. The van der Waals surface area contributed by atoms with Gasteiger partial charge in [0.25, 0.3) is 0 Å². The minimum Gasteiger partial charge on any atom is -0.354 e. The van der Waals surface area contributed by atoms with Crippen LogP contribution in [0.4, 0.5) is 0 Å². The molecule has 1 aliphatic heterocycles. The molecule has 0 saturated carbocycles. The lowest BCUT2D eigenvalue weighted by Crippen LogP contribution is -2.50. The molecule has 3 unspecified atom stereocenters. The Morgan fingerprint density at radius 3 is 2.89 bits per heavy atom. The Labute approximate surface area is 183 Å². The van der Waals surface area contributed by atoms with Crippen molar-refractivity contribution in [1.82, 2.24) is 24.7 Å². The molecule has 1 aliphatic rings. The van der Waals surface area contributed by atoms with Crippen molar-refractivity contribution in [1.29, 1.82) is 0 Å². The molecule has 3 rings (SSSR count). The zero-order valence-corrected chi connectivity index (χ0v) is 19.7. The molecule has 27 heavy (non-hydrogen) atoms. The monoisotopic (exact) mass is 502 g/mol. The predicted octanol–water partition coefficient (Wildman–Crippen LogP) is 3.32. The molecular formula is C19H31IN6S. The van der Waals surface area contributed by atoms with Crippen LogP contribution >= 0.6 is 35.3 Å². The minimum absolute atomic E-state index is 0. The maximum atomic E-state index is 4.56. The van der Waals surface area contributed by atoms with E-state index in [-0.39, 0.29) is 24.0 Å². The van der Waals surface area contributed by atoms with Gasteiger partial charge in [-0.05, 0) is 37.9 Å². The Bertz CT molecular complexity index is 685. The summed E-state index contributed by atoms with van der Waals surface area (Å²) in [5.74, 6) is 1.63. The van der Waals surface area contributed by atoms with Crippen molar-refractivity contribution in [3.05, 3.63) is 41.1 Å². The molecule has 1 saturated heterocycles. The van der Waals surface area contributed by atoms with Gasteiger partial charge in [0.05, 0.1) is 18.4 Å². The van der Waals surface area contributed by atoms with Gasteiger partial charge in [0.1, 0.15) is 0 Å². The molecule has 150 valence electrons. The Kier molecular flexibility index (Phi) is 8.56. The zero-order valence-electron chi connectivity index (χ0n) is 16.6. The second-order valence-electron chi connectivity index (χ2n) is 7.21. The number of aromatic nitrogens is 2. The Morgan fingerprint density at radius 2 is 2.30 bits per heavy atom. The number of thiophene rings is 1. The van der Waals surface area contributed by atoms with Gasteiger partial charge >= 0.3 is 0 Å². The molecule has 0 aliphatic carbocycles. The van der Waals surface area contributed by atoms with Gasteiger partial charge in [-0.2, -0.15) is 0 Å². The van der Waals surface area contributed by atoms with Gasteiger partial charge in [-0.3, -0.25) is 4.99 Å². The first-order chi connectivity index (χ1) is 12.6. The highest BCUT2D eigenvalue weighted by Crippen LogP contribution is 2.27. The van der Waals surface area contributed by atoms with Crippen LogP contribution < -0.4 is 5.32 Å². The molecule has 8 heteroatoms. The summed E-state index contributed by atoms with van der Waals surface area (Å²) in [6.45, 7) is 5.18. The highest BCUT2D eigenvalue weighted by Gasteiger charge is 2.29. The number of imidazole rings is 1. The first-order valence-electron chi connectivity index (χ1n) is 9.23. The Hall–Kier alpha value is -1.13. The van der Waals surface area contributed by atoms with Crippen molar-refractivity contribution in [2.45, 2.75) is 25.4 Å². The van der Waals surface area contributed by atoms with E-state index >= 15 is 0 Å². The smallest absolute Gasteiger partial charge is 0.193 e. The Balaban J connectivity index is 0.00000261. The van der Waals surface area contributed by atoms with E-state index in [1.807, 2.05) is 30.9 Å². The van der Waals surface area contributed by atoms with Gasteiger partial charge < -0.3 is 19.7 Å².